The largest absolute Gasteiger partial charge is 0.378 e. The number of carbonyl (C=O) groups excluding carboxylic acids is 1. The lowest BCUT2D eigenvalue weighted by Crippen LogP contribution is -2.49. The number of carbonyl (C=O) groups is 1. The van der Waals surface area contributed by atoms with Crippen LogP contribution in [0.2, 0.25) is 0 Å². The first kappa shape index (κ1) is 12.1. The zero-order valence-electron chi connectivity index (χ0n) is 10.4. The minimum Gasteiger partial charge on any atom is -0.378 e. The average Bonchev–Trinajstić information content (AvgIpc) is 2.28. The van der Waals surface area contributed by atoms with Gasteiger partial charge in [-0.25, -0.2) is 0 Å². The number of ketones is 1. The summed E-state index contributed by atoms with van der Waals surface area (Å²) in [4.78, 5) is 12.3. The molecule has 0 bridgehead atoms. The second-order valence-corrected chi connectivity index (χ2v) is 5.60. The third-order valence-electron chi connectivity index (χ3n) is 3.85. The van der Waals surface area contributed by atoms with Gasteiger partial charge in [0.15, 0.2) is 5.78 Å². The summed E-state index contributed by atoms with van der Waals surface area (Å²) in [5.74, 6) is 2.04. The Kier molecular flexibility index (Phi) is 3.98. The van der Waals surface area contributed by atoms with Crippen molar-refractivity contribution in [3.8, 4) is 0 Å². The minimum atomic E-state index is -0.0451. The molecule has 0 aromatic carbocycles. The Labute approximate surface area is 97.9 Å². The van der Waals surface area contributed by atoms with Gasteiger partial charge in [0.2, 0.25) is 0 Å². The van der Waals surface area contributed by atoms with Crippen molar-refractivity contribution in [2.45, 2.75) is 39.2 Å². The van der Waals surface area contributed by atoms with Gasteiger partial charge in [-0.05, 0) is 31.1 Å². The molecule has 3 nitrogen and oxygen atoms in total. The fourth-order valence-electron chi connectivity index (χ4n) is 3.21. The van der Waals surface area contributed by atoms with Gasteiger partial charge >= 0.3 is 0 Å². The number of ether oxygens (including phenoxy) is 1. The van der Waals surface area contributed by atoms with Crippen molar-refractivity contribution >= 4 is 5.78 Å². The molecule has 0 spiro atoms. The first-order valence-corrected chi connectivity index (χ1v) is 6.51. The van der Waals surface area contributed by atoms with Crippen LogP contribution in [-0.4, -0.2) is 31.6 Å². The lowest BCUT2D eigenvalue weighted by atomic mass is 9.74. The van der Waals surface area contributed by atoms with Crippen LogP contribution in [0.1, 0.15) is 33.1 Å². The lowest BCUT2D eigenvalue weighted by Gasteiger charge is -2.33. The van der Waals surface area contributed by atoms with Crippen LogP contribution in [0.4, 0.5) is 0 Å². The molecule has 2 rings (SSSR count). The molecule has 1 saturated carbocycles. The topological polar surface area (TPSA) is 38.3 Å². The van der Waals surface area contributed by atoms with Crippen LogP contribution in [0, 0.1) is 17.8 Å². The van der Waals surface area contributed by atoms with E-state index in [1.807, 2.05) is 0 Å². The summed E-state index contributed by atoms with van der Waals surface area (Å²) in [5.41, 5.74) is 0. The van der Waals surface area contributed by atoms with Gasteiger partial charge < -0.3 is 10.1 Å². The van der Waals surface area contributed by atoms with E-state index in [1.54, 1.807) is 0 Å². The lowest BCUT2D eigenvalue weighted by molar-refractivity contribution is -0.129. The summed E-state index contributed by atoms with van der Waals surface area (Å²) in [6.07, 6.45) is 3.42. The summed E-state index contributed by atoms with van der Waals surface area (Å²) >= 11 is 0. The highest BCUT2D eigenvalue weighted by Gasteiger charge is 2.33. The molecule has 1 aliphatic heterocycles. The smallest absolute Gasteiger partial charge is 0.155 e. The van der Waals surface area contributed by atoms with Gasteiger partial charge in [-0.2, -0.15) is 0 Å². The van der Waals surface area contributed by atoms with Gasteiger partial charge in [-0.15, -0.1) is 0 Å². The monoisotopic (exact) mass is 225 g/mol. The van der Waals surface area contributed by atoms with E-state index in [2.05, 4.69) is 19.2 Å². The third-order valence-corrected chi connectivity index (χ3v) is 3.85. The Morgan fingerprint density at radius 1 is 1.19 bits per heavy atom. The number of Topliss-reactive ketones (excluding diaryl/α,β-unsaturated/α-hetero) is 1. The normalized spacial score (nSPS) is 40.6. The molecule has 0 aromatic rings. The Balaban J connectivity index is 1.92. The first-order valence-electron chi connectivity index (χ1n) is 6.51. The maximum absolute atomic E-state index is 12.3. The van der Waals surface area contributed by atoms with Crippen LogP contribution in [0.25, 0.3) is 0 Å². The number of rotatable bonds is 2. The molecule has 92 valence electrons. The van der Waals surface area contributed by atoms with Crippen molar-refractivity contribution in [2.24, 2.45) is 17.8 Å². The van der Waals surface area contributed by atoms with Crippen LogP contribution >= 0.6 is 0 Å². The predicted octanol–water partition coefficient (Wildman–Crippen LogP) is 1.62. The number of nitrogens with one attached hydrogen (secondary N) is 1. The molecular formula is C13H23NO2. The van der Waals surface area contributed by atoms with Gasteiger partial charge in [0.1, 0.15) is 0 Å². The van der Waals surface area contributed by atoms with Crippen molar-refractivity contribution in [3.05, 3.63) is 0 Å². The van der Waals surface area contributed by atoms with E-state index in [1.165, 1.54) is 6.42 Å². The second-order valence-electron chi connectivity index (χ2n) is 5.60. The molecule has 3 heteroatoms. The molecule has 3 atom stereocenters. The molecule has 0 aromatic heterocycles. The van der Waals surface area contributed by atoms with E-state index < -0.39 is 0 Å². The van der Waals surface area contributed by atoms with Crippen LogP contribution in [0.15, 0.2) is 0 Å². The summed E-state index contributed by atoms with van der Waals surface area (Å²) in [6, 6.07) is -0.0451. The van der Waals surface area contributed by atoms with Crippen molar-refractivity contribution in [1.82, 2.24) is 5.32 Å². The van der Waals surface area contributed by atoms with Crippen LogP contribution in [0.3, 0.4) is 0 Å². The van der Waals surface area contributed by atoms with Gasteiger partial charge in [0.25, 0.3) is 0 Å². The van der Waals surface area contributed by atoms with E-state index in [0.29, 0.717) is 24.2 Å². The van der Waals surface area contributed by atoms with Crippen LogP contribution in [0.5, 0.6) is 0 Å². The molecule has 0 amide bonds. The first-order chi connectivity index (χ1) is 7.66. The Bertz CT molecular complexity index is 238. The SMILES string of the molecule is CC1CC(C)CC(C(=O)C2COCCN2)C1. The molecule has 2 fully saturated rings. The molecule has 3 unspecified atom stereocenters. The second kappa shape index (κ2) is 5.28. The van der Waals surface area contributed by atoms with Crippen LogP contribution < -0.4 is 5.32 Å². The molecule has 1 aliphatic carbocycles. The van der Waals surface area contributed by atoms with Gasteiger partial charge in [-0.1, -0.05) is 13.8 Å². The fraction of sp³-hybridized carbons (Fsp3) is 0.923. The third kappa shape index (κ3) is 2.83. The molecule has 0 radical (unpaired) electrons. The highest BCUT2D eigenvalue weighted by Crippen LogP contribution is 2.33. The maximum atomic E-state index is 12.3. The molecule has 1 N–H and O–H groups in total. The maximum Gasteiger partial charge on any atom is 0.155 e. The van der Waals surface area contributed by atoms with Gasteiger partial charge in [-0.3, -0.25) is 4.79 Å². The number of morpholine rings is 1. The molecular weight excluding hydrogens is 202 g/mol. The minimum absolute atomic E-state index is 0.0451. The van der Waals surface area contributed by atoms with E-state index >= 15 is 0 Å². The van der Waals surface area contributed by atoms with Gasteiger partial charge in [0.05, 0.1) is 19.3 Å². The van der Waals surface area contributed by atoms with Gasteiger partial charge in [0, 0.05) is 12.5 Å². The Morgan fingerprint density at radius 2 is 1.88 bits per heavy atom. The van der Waals surface area contributed by atoms with E-state index in [9.17, 15) is 4.79 Å². The highest BCUT2D eigenvalue weighted by atomic mass is 16.5. The summed E-state index contributed by atoms with van der Waals surface area (Å²) < 4.78 is 5.36. The number of hydrogen-bond donors (Lipinski definition) is 1. The zero-order valence-corrected chi connectivity index (χ0v) is 10.4. The quantitative estimate of drug-likeness (QED) is 0.776. The molecule has 16 heavy (non-hydrogen) atoms. The molecule has 1 heterocycles. The van der Waals surface area contributed by atoms with E-state index in [-0.39, 0.29) is 12.0 Å². The van der Waals surface area contributed by atoms with E-state index in [4.69, 9.17) is 4.74 Å². The van der Waals surface area contributed by atoms with Crippen molar-refractivity contribution < 1.29 is 9.53 Å². The standard InChI is InChI=1S/C13H23NO2/c1-9-5-10(2)7-11(6-9)13(15)12-8-16-4-3-14-12/h9-12,14H,3-8H2,1-2H3. The molecule has 2 aliphatic rings. The van der Waals surface area contributed by atoms with Crippen molar-refractivity contribution in [2.75, 3.05) is 19.8 Å². The number of hydrogen-bond acceptors (Lipinski definition) is 3. The van der Waals surface area contributed by atoms with Crippen LogP contribution in [-0.2, 0) is 9.53 Å². The Morgan fingerprint density at radius 3 is 2.44 bits per heavy atom. The fourth-order valence-corrected chi connectivity index (χ4v) is 3.21. The molecule has 1 saturated heterocycles. The van der Waals surface area contributed by atoms with E-state index in [0.717, 1.165) is 26.0 Å². The van der Waals surface area contributed by atoms with Crippen molar-refractivity contribution in [1.29, 1.82) is 0 Å². The Hall–Kier alpha value is -0.410. The summed E-state index contributed by atoms with van der Waals surface area (Å²) in [6.45, 7) is 6.65. The van der Waals surface area contributed by atoms with Crippen molar-refractivity contribution in [3.63, 3.8) is 0 Å². The predicted molar refractivity (Wildman–Crippen MR) is 63.3 cm³/mol. The summed E-state index contributed by atoms with van der Waals surface area (Å²) in [5, 5.41) is 3.27. The zero-order chi connectivity index (χ0) is 11.5. The average molecular weight is 225 g/mol. The highest BCUT2D eigenvalue weighted by molar-refractivity contribution is 5.86. The summed E-state index contributed by atoms with van der Waals surface area (Å²) in [7, 11) is 0.